The molecule has 0 amide bonds. The van der Waals surface area contributed by atoms with E-state index in [1.807, 2.05) is 12.1 Å². The molecule has 1 atom stereocenters. The molecule has 106 valence electrons. The Labute approximate surface area is 124 Å². The van der Waals surface area contributed by atoms with Gasteiger partial charge in [-0.2, -0.15) is 0 Å². The van der Waals surface area contributed by atoms with Crippen molar-refractivity contribution in [3.8, 4) is 0 Å². The third kappa shape index (κ3) is 3.59. The second-order valence-electron chi connectivity index (χ2n) is 6.43. The molecule has 19 heavy (non-hydrogen) atoms. The van der Waals surface area contributed by atoms with Crippen LogP contribution in [0, 0.1) is 17.2 Å². The van der Waals surface area contributed by atoms with Gasteiger partial charge in [-0.15, -0.1) is 0 Å². The lowest BCUT2D eigenvalue weighted by atomic mass is 9.74. The summed E-state index contributed by atoms with van der Waals surface area (Å²) in [5.41, 5.74) is 1.22. The number of alkyl halides is 1. The van der Waals surface area contributed by atoms with Gasteiger partial charge in [-0.05, 0) is 48.6 Å². The van der Waals surface area contributed by atoms with E-state index in [1.54, 1.807) is 12.1 Å². The summed E-state index contributed by atoms with van der Waals surface area (Å²) in [7, 11) is 0. The van der Waals surface area contributed by atoms with E-state index in [1.165, 1.54) is 32.1 Å². The zero-order valence-electron chi connectivity index (χ0n) is 12.0. The molecule has 1 fully saturated rings. The molecule has 0 spiro atoms. The first-order chi connectivity index (χ1) is 9.03. The van der Waals surface area contributed by atoms with E-state index in [2.05, 4.69) is 29.8 Å². The normalized spacial score (nSPS) is 19.8. The molecular formula is C17H24BrF. The van der Waals surface area contributed by atoms with Crippen molar-refractivity contribution in [2.45, 2.75) is 57.2 Å². The lowest BCUT2D eigenvalue weighted by Crippen LogP contribution is -2.31. The highest BCUT2D eigenvalue weighted by atomic mass is 79.9. The smallest absolute Gasteiger partial charge is 0.126 e. The van der Waals surface area contributed by atoms with Gasteiger partial charge in [-0.1, -0.05) is 60.8 Å². The van der Waals surface area contributed by atoms with E-state index in [0.29, 0.717) is 16.2 Å². The summed E-state index contributed by atoms with van der Waals surface area (Å²) in [5.74, 6) is 0.642. The van der Waals surface area contributed by atoms with Crippen LogP contribution in [0.15, 0.2) is 24.3 Å². The molecule has 0 heterocycles. The molecule has 2 rings (SSSR count). The summed E-state index contributed by atoms with van der Waals surface area (Å²) in [6, 6.07) is 7.18. The molecule has 0 radical (unpaired) electrons. The maximum Gasteiger partial charge on any atom is 0.126 e. The Bertz CT molecular complexity index is 407. The van der Waals surface area contributed by atoms with Crippen molar-refractivity contribution in [3.05, 3.63) is 35.6 Å². The Morgan fingerprint density at radius 2 is 1.84 bits per heavy atom. The van der Waals surface area contributed by atoms with E-state index in [-0.39, 0.29) is 5.82 Å². The summed E-state index contributed by atoms with van der Waals surface area (Å²) >= 11 is 3.89. The Balaban J connectivity index is 2.12. The van der Waals surface area contributed by atoms with Gasteiger partial charge < -0.3 is 0 Å². The molecular weight excluding hydrogens is 303 g/mol. The monoisotopic (exact) mass is 326 g/mol. The third-order valence-electron chi connectivity index (χ3n) is 4.44. The molecule has 0 aliphatic heterocycles. The van der Waals surface area contributed by atoms with Crippen molar-refractivity contribution in [1.82, 2.24) is 0 Å². The van der Waals surface area contributed by atoms with Gasteiger partial charge in [0.2, 0.25) is 0 Å². The first-order valence-corrected chi connectivity index (χ1v) is 8.32. The van der Waals surface area contributed by atoms with Gasteiger partial charge in [-0.3, -0.25) is 0 Å². The predicted octanol–water partition coefficient (Wildman–Crippen LogP) is 5.74. The average molecular weight is 327 g/mol. The van der Waals surface area contributed by atoms with Crippen molar-refractivity contribution >= 4 is 15.9 Å². The minimum atomic E-state index is -0.0651. The Kier molecular flexibility index (Phi) is 5.05. The number of benzene rings is 1. The van der Waals surface area contributed by atoms with Crippen molar-refractivity contribution in [2.75, 3.05) is 0 Å². The van der Waals surface area contributed by atoms with Crippen molar-refractivity contribution in [1.29, 1.82) is 0 Å². The standard InChI is InChI=1S/C17H24BrF/c1-13(2)12-17(9-5-6-10-17)16(18)11-14-7-3-4-8-15(14)19/h3-4,7-8,13,16H,5-6,9-12H2,1-2H3. The summed E-state index contributed by atoms with van der Waals surface area (Å²) in [6.45, 7) is 4.59. The van der Waals surface area contributed by atoms with Crippen LogP contribution in [0.5, 0.6) is 0 Å². The van der Waals surface area contributed by atoms with Crippen LogP contribution in [0.4, 0.5) is 4.39 Å². The van der Waals surface area contributed by atoms with Gasteiger partial charge in [-0.25, -0.2) is 4.39 Å². The number of hydrogen-bond donors (Lipinski definition) is 0. The van der Waals surface area contributed by atoms with Crippen LogP contribution in [0.3, 0.4) is 0 Å². The number of hydrogen-bond acceptors (Lipinski definition) is 0. The highest BCUT2D eigenvalue weighted by molar-refractivity contribution is 9.09. The van der Waals surface area contributed by atoms with Crippen LogP contribution in [-0.2, 0) is 6.42 Å². The van der Waals surface area contributed by atoms with Crippen LogP contribution >= 0.6 is 15.9 Å². The summed E-state index contributed by atoms with van der Waals surface area (Å²) in [4.78, 5) is 0.391. The van der Waals surface area contributed by atoms with Crippen LogP contribution < -0.4 is 0 Å². The Hall–Kier alpha value is -0.370. The van der Waals surface area contributed by atoms with Crippen LogP contribution in [-0.4, -0.2) is 4.83 Å². The molecule has 0 nitrogen and oxygen atoms in total. The molecule has 1 saturated carbocycles. The van der Waals surface area contributed by atoms with Gasteiger partial charge in [0, 0.05) is 4.83 Å². The molecule has 0 saturated heterocycles. The first-order valence-electron chi connectivity index (χ1n) is 7.41. The lowest BCUT2D eigenvalue weighted by Gasteiger charge is -2.36. The van der Waals surface area contributed by atoms with Gasteiger partial charge in [0.25, 0.3) is 0 Å². The maximum atomic E-state index is 13.8. The molecule has 1 aromatic rings. The topological polar surface area (TPSA) is 0 Å². The Morgan fingerprint density at radius 1 is 1.21 bits per heavy atom. The summed E-state index contributed by atoms with van der Waals surface area (Å²) in [6.07, 6.45) is 7.28. The number of halogens is 2. The largest absolute Gasteiger partial charge is 0.207 e. The van der Waals surface area contributed by atoms with E-state index < -0.39 is 0 Å². The van der Waals surface area contributed by atoms with E-state index in [9.17, 15) is 4.39 Å². The average Bonchev–Trinajstić information content (AvgIpc) is 2.81. The minimum Gasteiger partial charge on any atom is -0.207 e. The van der Waals surface area contributed by atoms with Crippen molar-refractivity contribution in [3.63, 3.8) is 0 Å². The zero-order chi connectivity index (χ0) is 13.9. The summed E-state index contributed by atoms with van der Waals surface area (Å²) in [5, 5.41) is 0. The highest BCUT2D eigenvalue weighted by Crippen LogP contribution is 2.49. The molecule has 0 N–H and O–H groups in total. The molecule has 1 aromatic carbocycles. The van der Waals surface area contributed by atoms with Gasteiger partial charge >= 0.3 is 0 Å². The van der Waals surface area contributed by atoms with E-state index in [0.717, 1.165) is 12.0 Å². The fourth-order valence-corrected chi connectivity index (χ4v) is 4.60. The van der Waals surface area contributed by atoms with Crippen LogP contribution in [0.25, 0.3) is 0 Å². The molecule has 1 unspecified atom stereocenters. The lowest BCUT2D eigenvalue weighted by molar-refractivity contribution is 0.227. The SMILES string of the molecule is CC(C)CC1(C(Br)Cc2ccccc2F)CCCC1. The minimum absolute atomic E-state index is 0.0651. The predicted molar refractivity (Wildman–Crippen MR) is 83.2 cm³/mol. The zero-order valence-corrected chi connectivity index (χ0v) is 13.5. The van der Waals surface area contributed by atoms with E-state index in [4.69, 9.17) is 0 Å². The molecule has 0 bridgehead atoms. The number of rotatable bonds is 5. The van der Waals surface area contributed by atoms with Gasteiger partial charge in [0.1, 0.15) is 5.82 Å². The van der Waals surface area contributed by atoms with Crippen LogP contribution in [0.2, 0.25) is 0 Å². The van der Waals surface area contributed by atoms with E-state index >= 15 is 0 Å². The molecule has 2 heteroatoms. The van der Waals surface area contributed by atoms with Crippen molar-refractivity contribution < 1.29 is 4.39 Å². The van der Waals surface area contributed by atoms with Crippen LogP contribution in [0.1, 0.15) is 51.5 Å². The Morgan fingerprint density at radius 3 is 2.42 bits per heavy atom. The first kappa shape index (κ1) is 15.0. The maximum absolute atomic E-state index is 13.8. The highest BCUT2D eigenvalue weighted by Gasteiger charge is 2.40. The molecule has 1 aliphatic carbocycles. The fraction of sp³-hybridized carbons (Fsp3) is 0.647. The summed E-state index contributed by atoms with van der Waals surface area (Å²) < 4.78 is 13.8. The van der Waals surface area contributed by atoms with Crippen molar-refractivity contribution in [2.24, 2.45) is 11.3 Å². The second kappa shape index (κ2) is 6.39. The second-order valence-corrected chi connectivity index (χ2v) is 7.54. The third-order valence-corrected chi connectivity index (χ3v) is 5.73. The molecule has 1 aliphatic rings. The quantitative estimate of drug-likeness (QED) is 0.605. The van der Waals surface area contributed by atoms with Gasteiger partial charge in [0.05, 0.1) is 0 Å². The van der Waals surface area contributed by atoms with Gasteiger partial charge in [0.15, 0.2) is 0 Å². The fourth-order valence-electron chi connectivity index (χ4n) is 3.61. The molecule has 0 aromatic heterocycles.